The average molecular weight is 382 g/mol. The van der Waals surface area contributed by atoms with Crippen LogP contribution in [0.2, 0.25) is 0 Å². The normalized spacial score (nSPS) is 17.8. The molecule has 1 aliphatic rings. The quantitative estimate of drug-likeness (QED) is 0.594. The summed E-state index contributed by atoms with van der Waals surface area (Å²) in [5.41, 5.74) is 0. The summed E-state index contributed by atoms with van der Waals surface area (Å²) in [7, 11) is -1.53. The van der Waals surface area contributed by atoms with E-state index in [0.29, 0.717) is 19.0 Å². The number of benzene rings is 2. The van der Waals surface area contributed by atoms with Gasteiger partial charge in [-0.25, -0.2) is 5.09 Å². The lowest BCUT2D eigenvalue weighted by atomic mass is 10.1. The first-order valence-electron chi connectivity index (χ1n) is 8.29. The number of nitrogens with one attached hydrogen (secondary N) is 1. The van der Waals surface area contributed by atoms with Crippen LogP contribution in [-0.2, 0) is 14.3 Å². The molecule has 1 saturated heterocycles. The molecule has 7 heteroatoms. The van der Waals surface area contributed by atoms with Crippen molar-refractivity contribution in [2.24, 2.45) is 0 Å². The molecular formula is C18H21ClNO4P. The van der Waals surface area contributed by atoms with Gasteiger partial charge >= 0.3 is 5.97 Å². The number of rotatable bonds is 6. The van der Waals surface area contributed by atoms with E-state index in [4.69, 9.17) is 25.2 Å². The minimum Gasteiger partial charge on any atom is -0.461 e. The third-order valence-electron chi connectivity index (χ3n) is 4.03. The Morgan fingerprint density at radius 1 is 1.24 bits per heavy atom. The standard InChI is InChI=1S/C18H21ClNO4P/c1-13(18(21)23-15-9-11-22-12-10-15)20-25(19)24-17-8-4-6-14-5-2-3-7-16(14)17/h2-8,13,15,20H,9-12H2,1H3. The van der Waals surface area contributed by atoms with Crippen LogP contribution < -0.4 is 9.61 Å². The Labute approximate surface area is 153 Å². The molecule has 0 amide bonds. The van der Waals surface area contributed by atoms with Crippen LogP contribution in [0.3, 0.4) is 0 Å². The molecule has 2 unspecified atom stereocenters. The van der Waals surface area contributed by atoms with Gasteiger partial charge in [0.1, 0.15) is 17.9 Å². The Bertz CT molecular complexity index is 718. The fraction of sp³-hybridized carbons (Fsp3) is 0.389. The molecule has 2 atom stereocenters. The van der Waals surface area contributed by atoms with Crippen LogP contribution in [0.1, 0.15) is 19.8 Å². The van der Waals surface area contributed by atoms with Crippen LogP contribution >= 0.6 is 18.9 Å². The van der Waals surface area contributed by atoms with Gasteiger partial charge in [0, 0.05) is 18.2 Å². The lowest BCUT2D eigenvalue weighted by Crippen LogP contribution is -2.36. The molecule has 2 aromatic rings. The highest BCUT2D eigenvalue weighted by Crippen LogP contribution is 2.42. The van der Waals surface area contributed by atoms with E-state index in [0.717, 1.165) is 23.6 Å². The average Bonchev–Trinajstić information content (AvgIpc) is 2.63. The van der Waals surface area contributed by atoms with E-state index in [-0.39, 0.29) is 12.1 Å². The summed E-state index contributed by atoms with van der Waals surface area (Å²) < 4.78 is 16.6. The molecule has 134 valence electrons. The predicted molar refractivity (Wildman–Crippen MR) is 99.9 cm³/mol. The Balaban J connectivity index is 1.55. The first-order valence-corrected chi connectivity index (χ1v) is 10.5. The van der Waals surface area contributed by atoms with Crippen molar-refractivity contribution < 1.29 is 18.8 Å². The van der Waals surface area contributed by atoms with Crippen LogP contribution in [0.25, 0.3) is 10.8 Å². The first kappa shape index (κ1) is 18.4. The lowest BCUT2D eigenvalue weighted by molar-refractivity contribution is -0.154. The van der Waals surface area contributed by atoms with Gasteiger partial charge < -0.3 is 14.0 Å². The molecule has 0 saturated carbocycles. The molecule has 5 nitrogen and oxygen atoms in total. The fourth-order valence-electron chi connectivity index (χ4n) is 2.65. The summed E-state index contributed by atoms with van der Waals surface area (Å²) in [6.45, 7) is 2.99. The van der Waals surface area contributed by atoms with Crippen molar-refractivity contribution in [3.63, 3.8) is 0 Å². The van der Waals surface area contributed by atoms with Crippen molar-refractivity contribution in [3.05, 3.63) is 42.5 Å². The zero-order valence-electron chi connectivity index (χ0n) is 14.0. The number of hydrogen-bond donors (Lipinski definition) is 1. The van der Waals surface area contributed by atoms with E-state index in [1.54, 1.807) is 6.92 Å². The SMILES string of the molecule is CC(NP(Cl)Oc1cccc2ccccc12)C(=O)OC1CCOCC1. The maximum absolute atomic E-state index is 12.2. The Kier molecular flexibility index (Phi) is 6.49. The minimum absolute atomic E-state index is 0.0777. The van der Waals surface area contributed by atoms with Gasteiger partial charge in [-0.2, -0.15) is 0 Å². The van der Waals surface area contributed by atoms with E-state index >= 15 is 0 Å². The van der Waals surface area contributed by atoms with Crippen LogP contribution in [0.5, 0.6) is 5.75 Å². The second-order valence-electron chi connectivity index (χ2n) is 5.91. The fourth-order valence-corrected chi connectivity index (χ4v) is 4.11. The summed E-state index contributed by atoms with van der Waals surface area (Å²) in [6.07, 6.45) is 1.40. The molecule has 1 fully saturated rings. The number of carbonyl (C=O) groups is 1. The minimum atomic E-state index is -1.53. The Hall–Kier alpha value is -1.39. The van der Waals surface area contributed by atoms with E-state index in [1.165, 1.54) is 0 Å². The van der Waals surface area contributed by atoms with Crippen LogP contribution in [0.15, 0.2) is 42.5 Å². The number of halogens is 1. The van der Waals surface area contributed by atoms with Crippen LogP contribution in [0.4, 0.5) is 0 Å². The monoisotopic (exact) mass is 381 g/mol. The highest BCUT2D eigenvalue weighted by molar-refractivity contribution is 7.78. The summed E-state index contributed by atoms with van der Waals surface area (Å²) in [5.74, 6) is 0.373. The van der Waals surface area contributed by atoms with Crippen molar-refractivity contribution in [1.82, 2.24) is 5.09 Å². The highest BCUT2D eigenvalue weighted by Gasteiger charge is 2.24. The second-order valence-corrected chi connectivity index (χ2v) is 7.76. The predicted octanol–water partition coefficient (Wildman–Crippen LogP) is 4.38. The number of hydrogen-bond acceptors (Lipinski definition) is 5. The third-order valence-corrected chi connectivity index (χ3v) is 5.48. The third kappa shape index (κ3) is 5.05. The first-order chi connectivity index (χ1) is 12.1. The number of esters is 1. The van der Waals surface area contributed by atoms with Crippen molar-refractivity contribution in [3.8, 4) is 5.75 Å². The maximum atomic E-state index is 12.2. The molecule has 25 heavy (non-hydrogen) atoms. The molecule has 0 aliphatic carbocycles. The second kappa shape index (κ2) is 8.81. The van der Waals surface area contributed by atoms with Crippen molar-refractivity contribution in [1.29, 1.82) is 0 Å². The zero-order valence-corrected chi connectivity index (χ0v) is 15.6. The topological polar surface area (TPSA) is 56.8 Å². The number of fused-ring (bicyclic) bond motifs is 1. The largest absolute Gasteiger partial charge is 0.461 e. The van der Waals surface area contributed by atoms with Gasteiger partial charge in [-0.1, -0.05) is 36.4 Å². The highest BCUT2D eigenvalue weighted by atomic mass is 35.7. The summed E-state index contributed by atoms with van der Waals surface area (Å²) in [4.78, 5) is 12.2. The molecule has 1 aliphatic heterocycles. The van der Waals surface area contributed by atoms with Gasteiger partial charge in [-0.05, 0) is 29.6 Å². The van der Waals surface area contributed by atoms with Gasteiger partial charge in [0.25, 0.3) is 7.65 Å². The summed E-state index contributed by atoms with van der Waals surface area (Å²) >= 11 is 6.30. The van der Waals surface area contributed by atoms with Crippen LogP contribution in [-0.4, -0.2) is 31.3 Å². The van der Waals surface area contributed by atoms with E-state index < -0.39 is 13.7 Å². The van der Waals surface area contributed by atoms with Crippen molar-refractivity contribution >= 4 is 35.6 Å². The van der Waals surface area contributed by atoms with Gasteiger partial charge in [-0.15, -0.1) is 0 Å². The van der Waals surface area contributed by atoms with Crippen molar-refractivity contribution in [2.75, 3.05) is 13.2 Å². The molecule has 3 rings (SSSR count). The van der Waals surface area contributed by atoms with Gasteiger partial charge in [0.15, 0.2) is 0 Å². The van der Waals surface area contributed by atoms with E-state index in [2.05, 4.69) is 5.09 Å². The summed E-state index contributed by atoms with van der Waals surface area (Å²) in [5, 5.41) is 5.04. The van der Waals surface area contributed by atoms with Gasteiger partial charge in [-0.3, -0.25) is 4.79 Å². The van der Waals surface area contributed by atoms with Gasteiger partial charge in [0.05, 0.1) is 13.2 Å². The molecule has 1 N–H and O–H groups in total. The van der Waals surface area contributed by atoms with E-state index in [9.17, 15) is 4.79 Å². The summed E-state index contributed by atoms with van der Waals surface area (Å²) in [6, 6.07) is 13.2. The Morgan fingerprint density at radius 3 is 2.76 bits per heavy atom. The van der Waals surface area contributed by atoms with Crippen LogP contribution in [0, 0.1) is 0 Å². The molecule has 0 bridgehead atoms. The lowest BCUT2D eigenvalue weighted by Gasteiger charge is -2.24. The van der Waals surface area contributed by atoms with E-state index in [1.807, 2.05) is 42.5 Å². The molecule has 2 aromatic carbocycles. The number of carbonyl (C=O) groups excluding carboxylic acids is 1. The maximum Gasteiger partial charge on any atom is 0.323 e. The molecule has 0 radical (unpaired) electrons. The number of ether oxygens (including phenoxy) is 2. The molecule has 1 heterocycles. The van der Waals surface area contributed by atoms with Crippen molar-refractivity contribution in [2.45, 2.75) is 31.9 Å². The molecule has 0 aromatic heterocycles. The smallest absolute Gasteiger partial charge is 0.323 e. The Morgan fingerprint density at radius 2 is 1.96 bits per heavy atom. The molecular weight excluding hydrogens is 361 g/mol. The molecule has 0 spiro atoms. The van der Waals surface area contributed by atoms with Gasteiger partial charge in [0.2, 0.25) is 0 Å². The zero-order chi connectivity index (χ0) is 17.6.